The number of nitro groups is 1. The summed E-state index contributed by atoms with van der Waals surface area (Å²) in [5, 5.41) is 11.3. The number of amides is 1. The summed E-state index contributed by atoms with van der Waals surface area (Å²) < 4.78 is 17.4. The van der Waals surface area contributed by atoms with Crippen LogP contribution in [0.15, 0.2) is 127 Å². The van der Waals surface area contributed by atoms with Crippen LogP contribution in [0, 0.1) is 10.1 Å². The molecule has 0 N–H and O–H groups in total. The van der Waals surface area contributed by atoms with Crippen LogP contribution in [0.2, 0.25) is 0 Å². The van der Waals surface area contributed by atoms with Gasteiger partial charge in [-0.15, -0.1) is 0 Å². The fourth-order valence-electron chi connectivity index (χ4n) is 5.05. The molecular weight excluding hydrogens is 552 g/mol. The van der Waals surface area contributed by atoms with Gasteiger partial charge in [-0.1, -0.05) is 78.9 Å². The molecule has 0 radical (unpaired) electrons. The summed E-state index contributed by atoms with van der Waals surface area (Å²) in [6.45, 7) is 0. The maximum absolute atomic E-state index is 14.4. The molecule has 0 saturated heterocycles. The number of methoxy groups -OCH3 is 2. The van der Waals surface area contributed by atoms with Gasteiger partial charge >= 0.3 is 5.97 Å². The molecule has 0 unspecified atom stereocenters. The minimum absolute atomic E-state index is 0.0364. The number of esters is 1. The van der Waals surface area contributed by atoms with Crippen molar-refractivity contribution in [3.8, 4) is 0 Å². The van der Waals surface area contributed by atoms with E-state index < -0.39 is 45.7 Å². The Labute approximate surface area is 246 Å². The van der Waals surface area contributed by atoms with Crippen molar-refractivity contribution in [2.75, 3.05) is 19.1 Å². The number of non-ortho nitro benzene ring substituents is 1. The lowest BCUT2D eigenvalue weighted by Crippen LogP contribution is -2.57. The van der Waals surface area contributed by atoms with Crippen LogP contribution in [0.3, 0.4) is 0 Å². The molecule has 1 amide bonds. The van der Waals surface area contributed by atoms with E-state index in [-0.39, 0.29) is 16.9 Å². The maximum Gasteiger partial charge on any atom is 0.365 e. The first-order chi connectivity index (χ1) is 20.8. The minimum atomic E-state index is -2.39. The van der Waals surface area contributed by atoms with Crippen LogP contribution in [-0.4, -0.2) is 42.5 Å². The van der Waals surface area contributed by atoms with Gasteiger partial charge < -0.3 is 14.2 Å². The van der Waals surface area contributed by atoms with Crippen molar-refractivity contribution in [1.29, 1.82) is 0 Å². The summed E-state index contributed by atoms with van der Waals surface area (Å²) in [5.41, 5.74) is -1.50. The van der Waals surface area contributed by atoms with Crippen LogP contribution < -0.4 is 4.90 Å². The Morgan fingerprint density at radius 1 is 0.791 bits per heavy atom. The Kier molecular flexibility index (Phi) is 8.13. The van der Waals surface area contributed by atoms with Crippen LogP contribution >= 0.6 is 0 Å². The van der Waals surface area contributed by atoms with E-state index in [9.17, 15) is 24.5 Å². The van der Waals surface area contributed by atoms with E-state index in [2.05, 4.69) is 0 Å². The van der Waals surface area contributed by atoms with Crippen molar-refractivity contribution in [2.24, 2.45) is 0 Å². The second-order valence-electron chi connectivity index (χ2n) is 9.47. The molecule has 43 heavy (non-hydrogen) atoms. The highest BCUT2D eigenvalue weighted by atomic mass is 16.6. The predicted octanol–water partition coefficient (Wildman–Crippen LogP) is 5.40. The molecule has 1 aliphatic rings. The van der Waals surface area contributed by atoms with Crippen molar-refractivity contribution in [3.63, 3.8) is 0 Å². The predicted molar refractivity (Wildman–Crippen MR) is 156 cm³/mol. The highest BCUT2D eigenvalue weighted by molar-refractivity contribution is 6.26. The number of nitrogens with zero attached hydrogens (tertiary/aromatic N) is 2. The zero-order valence-corrected chi connectivity index (χ0v) is 23.2. The lowest BCUT2D eigenvalue weighted by molar-refractivity contribution is -0.384. The number of hydrogen-bond donors (Lipinski definition) is 0. The van der Waals surface area contributed by atoms with E-state index in [4.69, 9.17) is 14.2 Å². The Morgan fingerprint density at radius 3 is 1.77 bits per heavy atom. The number of carbonyl (C=O) groups excluding carboxylic acids is 3. The van der Waals surface area contributed by atoms with Crippen LogP contribution in [0.4, 0.5) is 11.4 Å². The Hall–Kier alpha value is -5.61. The summed E-state index contributed by atoms with van der Waals surface area (Å²) in [5.74, 6) is -3.12. The van der Waals surface area contributed by atoms with Gasteiger partial charge in [-0.3, -0.25) is 24.6 Å². The van der Waals surface area contributed by atoms with Gasteiger partial charge in [-0.05, 0) is 35.4 Å². The van der Waals surface area contributed by atoms with E-state index >= 15 is 0 Å². The van der Waals surface area contributed by atoms with Crippen molar-refractivity contribution < 1.29 is 33.5 Å². The van der Waals surface area contributed by atoms with Gasteiger partial charge in [0, 0.05) is 30.5 Å². The van der Waals surface area contributed by atoms with Gasteiger partial charge in [-0.2, -0.15) is 0 Å². The fraction of sp³-hybridized carbons (Fsp3) is 0.121. The summed E-state index contributed by atoms with van der Waals surface area (Å²) in [7, 11) is 2.29. The van der Waals surface area contributed by atoms with Crippen molar-refractivity contribution in [3.05, 3.63) is 153 Å². The van der Waals surface area contributed by atoms with Crippen LogP contribution in [0.1, 0.15) is 27.6 Å². The van der Waals surface area contributed by atoms with E-state index in [0.29, 0.717) is 11.1 Å². The molecular formula is C33H26N2O8. The van der Waals surface area contributed by atoms with Crippen LogP contribution in [0.25, 0.3) is 0 Å². The fourth-order valence-corrected chi connectivity index (χ4v) is 5.05. The van der Waals surface area contributed by atoms with E-state index in [1.807, 2.05) is 60.7 Å². The number of carbonyl (C=O) groups is 3. The number of ether oxygens (including phenoxy) is 3. The Balaban J connectivity index is 1.78. The average molecular weight is 579 g/mol. The third-order valence-corrected chi connectivity index (χ3v) is 7.06. The summed E-state index contributed by atoms with van der Waals surface area (Å²) in [4.78, 5) is 54.1. The molecule has 0 aliphatic carbocycles. The second kappa shape index (κ2) is 12.1. The van der Waals surface area contributed by atoms with Crippen LogP contribution in [0.5, 0.6) is 0 Å². The molecule has 1 aliphatic heterocycles. The number of nitro benzene ring substituents is 1. The minimum Gasteiger partial charge on any atom is -0.475 e. The SMILES string of the molecule is COC(=O)[C@@]1(OC)C(C(=O)c2ccc([N+](=O)[O-])cc2)=C(OC(c2ccccc2)c2ccccc2)C(=O)N1c1ccccc1. The van der Waals surface area contributed by atoms with Gasteiger partial charge in [0.15, 0.2) is 11.5 Å². The molecule has 1 atom stereocenters. The van der Waals surface area contributed by atoms with Crippen molar-refractivity contribution in [2.45, 2.75) is 11.8 Å². The molecule has 10 nitrogen and oxygen atoms in total. The number of anilines is 1. The van der Waals surface area contributed by atoms with Gasteiger partial charge in [0.25, 0.3) is 17.3 Å². The molecule has 0 fully saturated rings. The first-order valence-corrected chi connectivity index (χ1v) is 13.2. The molecule has 0 bridgehead atoms. The van der Waals surface area contributed by atoms with Crippen molar-refractivity contribution >= 4 is 29.0 Å². The zero-order valence-electron chi connectivity index (χ0n) is 23.2. The molecule has 0 aromatic heterocycles. The number of para-hydroxylation sites is 1. The number of benzene rings is 4. The molecule has 0 spiro atoms. The summed E-state index contributed by atoms with van der Waals surface area (Å²) >= 11 is 0. The molecule has 10 heteroatoms. The van der Waals surface area contributed by atoms with Gasteiger partial charge in [0.2, 0.25) is 0 Å². The molecule has 4 aromatic rings. The third-order valence-electron chi connectivity index (χ3n) is 7.06. The first-order valence-electron chi connectivity index (χ1n) is 13.2. The van der Waals surface area contributed by atoms with Crippen LogP contribution in [-0.2, 0) is 23.8 Å². The maximum atomic E-state index is 14.4. The lowest BCUT2D eigenvalue weighted by Gasteiger charge is -2.35. The number of Topliss-reactive ketones (excluding diaryl/α,β-unsaturated/α-hetero) is 1. The quantitative estimate of drug-likeness (QED) is 0.106. The van der Waals surface area contributed by atoms with E-state index in [1.165, 1.54) is 19.2 Å². The van der Waals surface area contributed by atoms with Gasteiger partial charge in [0.05, 0.1) is 12.0 Å². The molecule has 4 aromatic carbocycles. The number of rotatable bonds is 10. The molecule has 1 heterocycles. The normalized spacial score (nSPS) is 16.3. The highest BCUT2D eigenvalue weighted by Crippen LogP contribution is 2.45. The number of ketones is 1. The number of hydrogen-bond acceptors (Lipinski definition) is 8. The van der Waals surface area contributed by atoms with E-state index in [0.717, 1.165) is 24.1 Å². The largest absolute Gasteiger partial charge is 0.475 e. The van der Waals surface area contributed by atoms with E-state index in [1.54, 1.807) is 30.3 Å². The lowest BCUT2D eigenvalue weighted by atomic mass is 9.93. The first kappa shape index (κ1) is 28.9. The summed E-state index contributed by atoms with van der Waals surface area (Å²) in [6.07, 6.45) is -0.871. The smallest absolute Gasteiger partial charge is 0.365 e. The standard InChI is InChI=1S/C33H26N2O8/c1-41-32(38)33(42-2)27(28(36)22-18-20-26(21-19-22)35(39)40)30(31(37)34(33)25-16-10-5-11-17-25)43-29(23-12-6-3-7-13-23)24-14-8-4-9-15-24/h3-21,29H,1-2H3/t33-/m0/s1. The summed E-state index contributed by atoms with van der Waals surface area (Å²) in [6, 6.07) is 31.2. The highest BCUT2D eigenvalue weighted by Gasteiger charge is 2.63. The van der Waals surface area contributed by atoms with Gasteiger partial charge in [-0.25, -0.2) is 4.79 Å². The van der Waals surface area contributed by atoms with Gasteiger partial charge in [0.1, 0.15) is 11.7 Å². The second-order valence-corrected chi connectivity index (χ2v) is 9.47. The average Bonchev–Trinajstić information content (AvgIpc) is 3.31. The third kappa shape index (κ3) is 5.15. The monoisotopic (exact) mass is 578 g/mol. The Morgan fingerprint density at radius 2 is 1.30 bits per heavy atom. The Bertz CT molecular complexity index is 1650. The molecule has 0 saturated carbocycles. The van der Waals surface area contributed by atoms with Crippen molar-refractivity contribution in [1.82, 2.24) is 0 Å². The molecule has 5 rings (SSSR count). The zero-order chi connectivity index (χ0) is 30.6. The molecule has 216 valence electrons. The topological polar surface area (TPSA) is 125 Å².